The van der Waals surface area contributed by atoms with Crippen molar-refractivity contribution < 1.29 is 4.74 Å². The van der Waals surface area contributed by atoms with Crippen LogP contribution >= 0.6 is 0 Å². The Morgan fingerprint density at radius 1 is 1.60 bits per heavy atom. The zero-order valence-electron chi connectivity index (χ0n) is 9.88. The third-order valence-electron chi connectivity index (χ3n) is 3.06. The van der Waals surface area contributed by atoms with Crippen LogP contribution in [0.4, 0.5) is 0 Å². The van der Waals surface area contributed by atoms with Gasteiger partial charge in [0.1, 0.15) is 0 Å². The van der Waals surface area contributed by atoms with Gasteiger partial charge in [-0.2, -0.15) is 0 Å². The van der Waals surface area contributed by atoms with Gasteiger partial charge in [0, 0.05) is 26.7 Å². The van der Waals surface area contributed by atoms with Gasteiger partial charge in [0.15, 0.2) is 0 Å². The summed E-state index contributed by atoms with van der Waals surface area (Å²) >= 11 is 0. The van der Waals surface area contributed by atoms with Gasteiger partial charge in [-0.15, -0.1) is 6.42 Å². The Kier molecular flexibility index (Phi) is 5.10. The molecule has 1 atom stereocenters. The first kappa shape index (κ1) is 12.5. The molecule has 1 saturated heterocycles. The van der Waals surface area contributed by atoms with E-state index < -0.39 is 0 Å². The van der Waals surface area contributed by atoms with Gasteiger partial charge in [0.2, 0.25) is 0 Å². The van der Waals surface area contributed by atoms with Crippen LogP contribution in [-0.2, 0) is 4.74 Å². The summed E-state index contributed by atoms with van der Waals surface area (Å²) in [5, 5.41) is 3.21. The van der Waals surface area contributed by atoms with Crippen LogP contribution in [0.3, 0.4) is 0 Å². The second-order valence-corrected chi connectivity index (χ2v) is 4.41. The van der Waals surface area contributed by atoms with Crippen LogP contribution < -0.4 is 5.32 Å². The summed E-state index contributed by atoms with van der Waals surface area (Å²) in [5.74, 6) is 2.58. The van der Waals surface area contributed by atoms with Crippen LogP contribution in [0.5, 0.6) is 0 Å². The highest BCUT2D eigenvalue weighted by Crippen LogP contribution is 2.23. The van der Waals surface area contributed by atoms with Crippen molar-refractivity contribution in [2.24, 2.45) is 0 Å². The fraction of sp³-hybridized carbons (Fsp3) is 0.833. The Morgan fingerprint density at radius 2 is 2.40 bits per heavy atom. The average Bonchev–Trinajstić information content (AvgIpc) is 2.25. The summed E-state index contributed by atoms with van der Waals surface area (Å²) in [6.07, 6.45) is 7.55. The molecule has 0 spiro atoms. The number of likely N-dealkylation sites (tertiary alicyclic amines) is 1. The first-order valence-corrected chi connectivity index (χ1v) is 5.62. The van der Waals surface area contributed by atoms with Gasteiger partial charge in [-0.05, 0) is 26.3 Å². The molecule has 1 aliphatic heterocycles. The minimum absolute atomic E-state index is 0.0460. The van der Waals surface area contributed by atoms with E-state index in [4.69, 9.17) is 11.2 Å². The number of nitrogens with zero attached hydrogens (tertiary/aromatic N) is 1. The Labute approximate surface area is 93.2 Å². The van der Waals surface area contributed by atoms with Crippen molar-refractivity contribution in [1.82, 2.24) is 10.2 Å². The lowest BCUT2D eigenvalue weighted by atomic mass is 9.95. The topological polar surface area (TPSA) is 24.5 Å². The van der Waals surface area contributed by atoms with E-state index in [0.29, 0.717) is 6.54 Å². The monoisotopic (exact) mass is 210 g/mol. The van der Waals surface area contributed by atoms with Crippen molar-refractivity contribution in [3.05, 3.63) is 0 Å². The molecule has 1 rings (SSSR count). The van der Waals surface area contributed by atoms with Gasteiger partial charge in [-0.3, -0.25) is 4.90 Å². The highest BCUT2D eigenvalue weighted by molar-refractivity contribution is 4.87. The molecule has 0 amide bonds. The zero-order chi connectivity index (χ0) is 11.1. The lowest BCUT2D eigenvalue weighted by Gasteiger charge is -2.39. The number of terminal acetylenes is 1. The number of hydrogen-bond donors (Lipinski definition) is 1. The molecule has 3 heteroatoms. The standard InChI is InChI=1S/C12H22N2O/c1-4-7-13-8-10-14-9-5-6-12(2,11-14)15-3/h1,13H,5-11H2,2-3H3. The molecule has 1 N–H and O–H groups in total. The number of piperidine rings is 1. The van der Waals surface area contributed by atoms with Gasteiger partial charge in [-0.1, -0.05) is 5.92 Å². The number of ether oxygens (including phenoxy) is 1. The normalized spacial score (nSPS) is 27.5. The molecular formula is C12H22N2O. The van der Waals surface area contributed by atoms with Crippen LogP contribution in [0, 0.1) is 12.3 Å². The fourth-order valence-electron chi connectivity index (χ4n) is 2.06. The molecule has 1 unspecified atom stereocenters. The van der Waals surface area contributed by atoms with Crippen LogP contribution in [0.15, 0.2) is 0 Å². The Hall–Kier alpha value is -0.560. The smallest absolute Gasteiger partial charge is 0.0777 e. The van der Waals surface area contributed by atoms with Gasteiger partial charge >= 0.3 is 0 Å². The number of rotatable bonds is 5. The largest absolute Gasteiger partial charge is 0.377 e. The second-order valence-electron chi connectivity index (χ2n) is 4.41. The maximum Gasteiger partial charge on any atom is 0.0777 e. The van der Waals surface area contributed by atoms with Crippen molar-refractivity contribution in [1.29, 1.82) is 0 Å². The second kappa shape index (κ2) is 6.12. The van der Waals surface area contributed by atoms with E-state index in [9.17, 15) is 0 Å². The predicted molar refractivity (Wildman–Crippen MR) is 62.8 cm³/mol. The van der Waals surface area contributed by atoms with Crippen LogP contribution in [0.25, 0.3) is 0 Å². The quantitative estimate of drug-likeness (QED) is 0.534. The van der Waals surface area contributed by atoms with Gasteiger partial charge in [-0.25, -0.2) is 0 Å². The van der Waals surface area contributed by atoms with Crippen molar-refractivity contribution in [2.45, 2.75) is 25.4 Å². The lowest BCUT2D eigenvalue weighted by molar-refractivity contribution is -0.0501. The summed E-state index contributed by atoms with van der Waals surface area (Å²) in [4.78, 5) is 2.44. The molecule has 0 aliphatic carbocycles. The van der Waals surface area contributed by atoms with E-state index in [1.807, 2.05) is 0 Å². The summed E-state index contributed by atoms with van der Waals surface area (Å²) in [7, 11) is 1.81. The Bertz CT molecular complexity index is 224. The third-order valence-corrected chi connectivity index (χ3v) is 3.06. The highest BCUT2D eigenvalue weighted by atomic mass is 16.5. The molecular weight excluding hydrogens is 188 g/mol. The molecule has 0 bridgehead atoms. The van der Waals surface area contributed by atoms with E-state index in [-0.39, 0.29) is 5.60 Å². The first-order valence-electron chi connectivity index (χ1n) is 5.62. The molecule has 1 fully saturated rings. The lowest BCUT2D eigenvalue weighted by Crippen LogP contribution is -2.49. The minimum Gasteiger partial charge on any atom is -0.377 e. The number of nitrogens with one attached hydrogen (secondary N) is 1. The van der Waals surface area contributed by atoms with Crippen LogP contribution in [0.2, 0.25) is 0 Å². The Balaban J connectivity index is 2.22. The van der Waals surface area contributed by atoms with E-state index in [1.54, 1.807) is 7.11 Å². The highest BCUT2D eigenvalue weighted by Gasteiger charge is 2.30. The Morgan fingerprint density at radius 3 is 3.07 bits per heavy atom. The molecule has 15 heavy (non-hydrogen) atoms. The summed E-state index contributed by atoms with van der Waals surface area (Å²) in [6, 6.07) is 0. The third kappa shape index (κ3) is 4.21. The maximum absolute atomic E-state index is 5.54. The predicted octanol–water partition coefficient (Wildman–Crippen LogP) is 0.710. The fourth-order valence-corrected chi connectivity index (χ4v) is 2.06. The molecule has 3 nitrogen and oxygen atoms in total. The van der Waals surface area contributed by atoms with Crippen LogP contribution in [0.1, 0.15) is 19.8 Å². The molecule has 0 aromatic heterocycles. The molecule has 0 radical (unpaired) electrons. The average molecular weight is 210 g/mol. The summed E-state index contributed by atoms with van der Waals surface area (Å²) in [6.45, 7) is 7.08. The maximum atomic E-state index is 5.54. The van der Waals surface area contributed by atoms with Crippen LogP contribution in [-0.4, -0.2) is 50.3 Å². The molecule has 0 aromatic rings. The molecule has 1 heterocycles. The van der Waals surface area contributed by atoms with Crippen molar-refractivity contribution in [3.8, 4) is 12.3 Å². The van der Waals surface area contributed by atoms with Crippen molar-refractivity contribution >= 4 is 0 Å². The molecule has 86 valence electrons. The molecule has 0 saturated carbocycles. The zero-order valence-corrected chi connectivity index (χ0v) is 9.88. The summed E-state index contributed by atoms with van der Waals surface area (Å²) in [5.41, 5.74) is 0.0460. The summed E-state index contributed by atoms with van der Waals surface area (Å²) < 4.78 is 5.54. The van der Waals surface area contributed by atoms with Crippen molar-refractivity contribution in [2.75, 3.05) is 39.8 Å². The van der Waals surface area contributed by atoms with E-state index in [1.165, 1.54) is 13.0 Å². The molecule has 1 aliphatic rings. The van der Waals surface area contributed by atoms with Gasteiger partial charge < -0.3 is 10.1 Å². The van der Waals surface area contributed by atoms with E-state index in [0.717, 1.165) is 26.1 Å². The minimum atomic E-state index is 0.0460. The van der Waals surface area contributed by atoms with Gasteiger partial charge in [0.05, 0.1) is 12.1 Å². The first-order chi connectivity index (χ1) is 7.20. The number of methoxy groups -OCH3 is 1. The van der Waals surface area contributed by atoms with E-state index >= 15 is 0 Å². The van der Waals surface area contributed by atoms with Crippen molar-refractivity contribution in [3.63, 3.8) is 0 Å². The number of hydrogen-bond acceptors (Lipinski definition) is 3. The molecule has 0 aromatic carbocycles. The van der Waals surface area contributed by atoms with Gasteiger partial charge in [0.25, 0.3) is 0 Å². The van der Waals surface area contributed by atoms with E-state index in [2.05, 4.69) is 23.1 Å². The SMILES string of the molecule is C#CCNCCN1CCCC(C)(OC)C1.